The van der Waals surface area contributed by atoms with Crippen molar-refractivity contribution in [3.63, 3.8) is 0 Å². The fourth-order valence-corrected chi connectivity index (χ4v) is 13.1. The topological polar surface area (TPSA) is 0 Å². The van der Waals surface area contributed by atoms with Crippen LogP contribution >= 0.6 is 21.6 Å². The fourth-order valence-electron chi connectivity index (χ4n) is 10.6. The van der Waals surface area contributed by atoms with Crippen molar-refractivity contribution in [2.75, 3.05) is 0 Å². The van der Waals surface area contributed by atoms with Crippen molar-refractivity contribution in [1.82, 2.24) is 0 Å². The first-order chi connectivity index (χ1) is 36.3. The molecule has 0 aliphatic rings. The molecule has 78 heavy (non-hydrogen) atoms. The van der Waals surface area contributed by atoms with Crippen LogP contribution in [0.15, 0.2) is 170 Å². The summed E-state index contributed by atoms with van der Waals surface area (Å²) in [6.45, 7) is 46.3. The molecule has 8 aromatic rings. The van der Waals surface area contributed by atoms with Gasteiger partial charge in [-0.25, -0.2) is 0 Å². The predicted octanol–water partition coefficient (Wildman–Crippen LogP) is 23.7. The van der Waals surface area contributed by atoms with Crippen LogP contribution in [0.3, 0.4) is 0 Å². The van der Waals surface area contributed by atoms with E-state index in [0.29, 0.717) is 0 Å². The number of benzene rings is 8. The molecule has 0 amide bonds. The summed E-state index contributed by atoms with van der Waals surface area (Å²) in [6, 6.07) is 66.4. The lowest BCUT2D eigenvalue weighted by atomic mass is 9.82. The molecule has 0 fully saturated rings. The van der Waals surface area contributed by atoms with Gasteiger partial charge in [0.2, 0.25) is 0 Å². The molecule has 0 nitrogen and oxygen atoms in total. The van der Waals surface area contributed by atoms with E-state index in [2.05, 4.69) is 308 Å². The lowest BCUT2D eigenvalue weighted by molar-refractivity contribution is 0.590. The van der Waals surface area contributed by atoms with Crippen molar-refractivity contribution in [3.05, 3.63) is 214 Å². The van der Waals surface area contributed by atoms with Gasteiger partial charge in [0.25, 0.3) is 0 Å². The molecule has 8 aromatic carbocycles. The first-order valence-corrected chi connectivity index (χ1v) is 30.9. The second-order valence-electron chi connectivity index (χ2n) is 28.4. The van der Waals surface area contributed by atoms with Crippen LogP contribution in [0.25, 0.3) is 66.8 Å². The average molecular weight is 1070 g/mol. The molecule has 2 atom stereocenters. The van der Waals surface area contributed by atoms with Gasteiger partial charge in [-0.3, -0.25) is 0 Å². The van der Waals surface area contributed by atoms with Gasteiger partial charge >= 0.3 is 0 Å². The van der Waals surface area contributed by atoms with Crippen molar-refractivity contribution >= 4 is 21.6 Å². The maximum atomic E-state index is 2.51. The molecular formula is C76H90S2. The van der Waals surface area contributed by atoms with E-state index in [4.69, 9.17) is 0 Å². The second kappa shape index (κ2) is 22.2. The Bertz CT molecular complexity index is 3100. The molecule has 0 saturated heterocycles. The highest BCUT2D eigenvalue weighted by Crippen LogP contribution is 2.54. The summed E-state index contributed by atoms with van der Waals surface area (Å²) in [5.74, 6) is 0. The number of hydrogen-bond donors (Lipinski definition) is 0. The highest BCUT2D eigenvalue weighted by atomic mass is 33.1. The first-order valence-electron chi connectivity index (χ1n) is 28.6. The van der Waals surface area contributed by atoms with Gasteiger partial charge < -0.3 is 0 Å². The molecule has 0 heterocycles. The lowest BCUT2D eigenvalue weighted by Crippen LogP contribution is -2.11. The van der Waals surface area contributed by atoms with E-state index in [1.807, 2.05) is 21.6 Å². The largest absolute Gasteiger partial charge is 0.0856 e. The van der Waals surface area contributed by atoms with E-state index < -0.39 is 0 Å². The van der Waals surface area contributed by atoms with Gasteiger partial charge in [0.1, 0.15) is 0 Å². The third-order valence-corrected chi connectivity index (χ3v) is 19.2. The quantitative estimate of drug-likeness (QED) is 0.118. The zero-order valence-electron chi connectivity index (χ0n) is 51.1. The molecular weight excluding hydrogens is 977 g/mol. The average Bonchev–Trinajstić information content (AvgIpc) is 3.38. The van der Waals surface area contributed by atoms with Gasteiger partial charge in [-0.15, -0.1) is 0 Å². The van der Waals surface area contributed by atoms with Crippen LogP contribution in [0.2, 0.25) is 0 Å². The molecule has 0 aromatic heterocycles. The van der Waals surface area contributed by atoms with Gasteiger partial charge in [-0.2, -0.15) is 0 Å². The van der Waals surface area contributed by atoms with Gasteiger partial charge in [0, 0.05) is 10.5 Å². The summed E-state index contributed by atoms with van der Waals surface area (Å²) in [5, 5.41) is 0.256. The summed E-state index contributed by atoms with van der Waals surface area (Å²) in [6.07, 6.45) is 0. The highest BCUT2D eigenvalue weighted by molar-refractivity contribution is 8.76. The van der Waals surface area contributed by atoms with Crippen molar-refractivity contribution < 1.29 is 0 Å². The molecule has 0 saturated carbocycles. The van der Waals surface area contributed by atoms with E-state index in [-0.39, 0.29) is 43.0 Å². The Morgan fingerprint density at radius 2 is 0.423 bits per heavy atom. The number of rotatable bonds is 11. The maximum Gasteiger partial charge on any atom is 0.0379 e. The summed E-state index contributed by atoms with van der Waals surface area (Å²) in [7, 11) is 4.01. The van der Waals surface area contributed by atoms with Gasteiger partial charge in [-0.05, 0) is 182 Å². The summed E-state index contributed by atoms with van der Waals surface area (Å²) < 4.78 is 0. The molecule has 0 aliphatic heterocycles. The van der Waals surface area contributed by atoms with E-state index in [1.54, 1.807) is 0 Å². The maximum absolute atomic E-state index is 2.51. The van der Waals surface area contributed by atoms with E-state index in [0.717, 1.165) is 0 Å². The Morgan fingerprint density at radius 1 is 0.231 bits per heavy atom. The van der Waals surface area contributed by atoms with Crippen LogP contribution in [-0.4, -0.2) is 0 Å². The smallest absolute Gasteiger partial charge is 0.0379 e. The second-order valence-corrected chi connectivity index (χ2v) is 31.4. The zero-order chi connectivity index (χ0) is 56.9. The van der Waals surface area contributed by atoms with Crippen LogP contribution in [0, 0.1) is 0 Å². The fraction of sp³-hybridized carbons (Fsp3) is 0.368. The minimum atomic E-state index is 0.0440. The SMILES string of the molecule is C[C@@H](SS[C@H](C)c1cc(-c2ccc(C(C)(C)C)cc2)cc(-c2ccc(C(C)(C)C)cc2)c1-c1ccc(C(C)(C)C)cc1)c1cc(-c2ccc(C(C)(C)C)cc2)cc(-c2ccc(C(C)(C)C)cc2)c1-c1ccc(C(C)(C)C)cc1. The Kier molecular flexibility index (Phi) is 16.7. The Morgan fingerprint density at radius 3 is 0.628 bits per heavy atom. The van der Waals surface area contributed by atoms with E-state index in [1.165, 1.54) is 111 Å². The van der Waals surface area contributed by atoms with Crippen molar-refractivity contribution in [3.8, 4) is 66.8 Å². The lowest BCUT2D eigenvalue weighted by Gasteiger charge is -2.26. The molecule has 0 radical (unpaired) electrons. The molecule has 2 heteroatoms. The van der Waals surface area contributed by atoms with Crippen molar-refractivity contribution in [2.45, 2.75) is 181 Å². The minimum absolute atomic E-state index is 0.0440. The predicted molar refractivity (Wildman–Crippen MR) is 350 cm³/mol. The van der Waals surface area contributed by atoms with Crippen LogP contribution in [0.5, 0.6) is 0 Å². The van der Waals surface area contributed by atoms with Crippen LogP contribution in [0.4, 0.5) is 0 Å². The Labute approximate surface area is 481 Å². The van der Waals surface area contributed by atoms with E-state index >= 15 is 0 Å². The molecule has 0 N–H and O–H groups in total. The Balaban J connectivity index is 1.32. The van der Waals surface area contributed by atoms with Crippen LogP contribution in [-0.2, 0) is 32.5 Å². The molecule has 0 bridgehead atoms. The molecule has 0 spiro atoms. The Hall–Kier alpha value is -5.54. The van der Waals surface area contributed by atoms with Crippen LogP contribution in [0.1, 0.15) is 193 Å². The molecule has 0 aliphatic carbocycles. The normalized spacial score (nSPS) is 13.6. The highest BCUT2D eigenvalue weighted by Gasteiger charge is 2.27. The minimum Gasteiger partial charge on any atom is -0.0856 e. The van der Waals surface area contributed by atoms with Crippen molar-refractivity contribution in [2.24, 2.45) is 0 Å². The third kappa shape index (κ3) is 13.4. The summed E-state index contributed by atoms with van der Waals surface area (Å²) in [4.78, 5) is 0. The first kappa shape index (κ1) is 58.6. The van der Waals surface area contributed by atoms with Crippen molar-refractivity contribution in [1.29, 1.82) is 0 Å². The third-order valence-electron chi connectivity index (χ3n) is 15.9. The van der Waals surface area contributed by atoms with E-state index in [9.17, 15) is 0 Å². The van der Waals surface area contributed by atoms with Gasteiger partial charge in [0.05, 0.1) is 0 Å². The monoisotopic (exact) mass is 1070 g/mol. The standard InChI is InChI=1S/C76H90S2/c1-49(65-45-57(51-21-33-59(34-22-51)71(3,4)5)47-67(53-25-37-61(38-26-53)73(9,10)11)69(65)55-29-41-63(42-30-55)75(15,16)17)77-78-50(2)66-46-58(52-23-35-60(36-24-52)72(6,7)8)48-68(54-27-39-62(40-28-54)74(12,13)14)70(66)56-31-43-64(44-32-56)76(18,19)20/h21-50H,1-20H3/t49-,50-/m1/s1. The van der Waals surface area contributed by atoms with Crippen LogP contribution < -0.4 is 0 Å². The molecule has 0 unspecified atom stereocenters. The van der Waals surface area contributed by atoms with Gasteiger partial charge in [-0.1, -0.05) is 292 Å². The molecule has 406 valence electrons. The van der Waals surface area contributed by atoms with Gasteiger partial charge in [0.15, 0.2) is 0 Å². The number of hydrogen-bond acceptors (Lipinski definition) is 2. The summed E-state index contributed by atoms with van der Waals surface area (Å²) in [5.41, 5.74) is 26.2. The summed E-state index contributed by atoms with van der Waals surface area (Å²) >= 11 is 0. The zero-order valence-corrected chi connectivity index (χ0v) is 52.8. The molecule has 8 rings (SSSR count).